The van der Waals surface area contributed by atoms with Gasteiger partial charge in [-0.05, 0) is 37.8 Å². The molecule has 1 saturated heterocycles. The van der Waals surface area contributed by atoms with E-state index in [9.17, 15) is 13.2 Å². The summed E-state index contributed by atoms with van der Waals surface area (Å²) in [6.07, 6.45) is -2.46. The van der Waals surface area contributed by atoms with E-state index >= 15 is 0 Å². The van der Waals surface area contributed by atoms with Gasteiger partial charge in [0.15, 0.2) is 5.96 Å². The van der Waals surface area contributed by atoms with Gasteiger partial charge >= 0.3 is 6.18 Å². The van der Waals surface area contributed by atoms with Crippen molar-refractivity contribution in [3.05, 3.63) is 35.9 Å². The fourth-order valence-electron chi connectivity index (χ4n) is 2.99. The second-order valence-electron chi connectivity index (χ2n) is 6.39. The molecule has 1 atom stereocenters. The first kappa shape index (κ1) is 23.0. The fourth-order valence-corrected chi connectivity index (χ4v) is 2.99. The standard InChI is InChI=1S/C18H27F3N4.HI/c1-2-22-17(23-10-8-15-6-4-3-5-7-15)24-12-16-9-11-25(13-16)14-18(19,20)21;/h3-7,16H,2,8-14H2,1H3,(H2,22,23,24);1H. The lowest BCUT2D eigenvalue weighted by Gasteiger charge is -2.17. The number of aliphatic imine (C=N–C) groups is 1. The topological polar surface area (TPSA) is 39.7 Å². The molecule has 1 aromatic rings. The summed E-state index contributed by atoms with van der Waals surface area (Å²) in [5, 5.41) is 6.48. The van der Waals surface area contributed by atoms with E-state index in [0.29, 0.717) is 19.6 Å². The first-order chi connectivity index (χ1) is 12.0. The summed E-state index contributed by atoms with van der Waals surface area (Å²) in [5.41, 5.74) is 1.25. The van der Waals surface area contributed by atoms with E-state index in [1.165, 1.54) is 10.5 Å². The maximum Gasteiger partial charge on any atom is 0.401 e. The predicted molar refractivity (Wildman–Crippen MR) is 110 cm³/mol. The van der Waals surface area contributed by atoms with Crippen LogP contribution in [0.4, 0.5) is 13.2 Å². The largest absolute Gasteiger partial charge is 0.401 e. The van der Waals surface area contributed by atoms with Crippen LogP contribution in [-0.4, -0.2) is 56.3 Å². The molecular weight excluding hydrogens is 456 g/mol. The summed E-state index contributed by atoms with van der Waals surface area (Å²) in [7, 11) is 0. The maximum atomic E-state index is 12.4. The second kappa shape index (κ2) is 11.6. The van der Waals surface area contributed by atoms with Crippen LogP contribution in [0.3, 0.4) is 0 Å². The van der Waals surface area contributed by atoms with E-state index in [-0.39, 0.29) is 29.9 Å². The maximum absolute atomic E-state index is 12.4. The number of halogens is 4. The molecule has 0 bridgehead atoms. The smallest absolute Gasteiger partial charge is 0.357 e. The Balaban J connectivity index is 0.00000338. The zero-order chi connectivity index (χ0) is 18.1. The Labute approximate surface area is 170 Å². The minimum absolute atomic E-state index is 0. The van der Waals surface area contributed by atoms with Gasteiger partial charge < -0.3 is 10.6 Å². The van der Waals surface area contributed by atoms with E-state index < -0.39 is 12.7 Å². The molecule has 148 valence electrons. The molecule has 2 N–H and O–H groups in total. The van der Waals surface area contributed by atoms with Crippen LogP contribution in [0.2, 0.25) is 0 Å². The summed E-state index contributed by atoms with van der Waals surface area (Å²) in [6.45, 7) is 4.21. The highest BCUT2D eigenvalue weighted by atomic mass is 127. The molecule has 4 nitrogen and oxygen atoms in total. The zero-order valence-electron chi connectivity index (χ0n) is 15.1. The molecule has 1 fully saturated rings. The molecule has 1 unspecified atom stereocenters. The third kappa shape index (κ3) is 9.07. The van der Waals surface area contributed by atoms with Crippen molar-refractivity contribution in [2.24, 2.45) is 10.9 Å². The molecule has 1 aliphatic heterocycles. The van der Waals surface area contributed by atoms with Crippen LogP contribution in [0.5, 0.6) is 0 Å². The van der Waals surface area contributed by atoms with Crippen LogP contribution in [0.25, 0.3) is 0 Å². The van der Waals surface area contributed by atoms with Gasteiger partial charge in [-0.3, -0.25) is 9.89 Å². The number of benzene rings is 1. The highest BCUT2D eigenvalue weighted by Gasteiger charge is 2.34. The van der Waals surface area contributed by atoms with Gasteiger partial charge in [-0.2, -0.15) is 13.2 Å². The molecule has 8 heteroatoms. The summed E-state index contributed by atoms with van der Waals surface area (Å²) in [5.74, 6) is 0.916. The molecule has 0 aromatic heterocycles. The van der Waals surface area contributed by atoms with Gasteiger partial charge in [-0.25, -0.2) is 0 Å². The van der Waals surface area contributed by atoms with E-state index in [2.05, 4.69) is 27.8 Å². The molecule has 0 spiro atoms. The minimum Gasteiger partial charge on any atom is -0.357 e. The van der Waals surface area contributed by atoms with Crippen molar-refractivity contribution < 1.29 is 13.2 Å². The summed E-state index contributed by atoms with van der Waals surface area (Å²) in [6, 6.07) is 10.2. The zero-order valence-corrected chi connectivity index (χ0v) is 17.4. The molecule has 0 amide bonds. The number of rotatable bonds is 7. The van der Waals surface area contributed by atoms with Crippen LogP contribution >= 0.6 is 24.0 Å². The summed E-state index contributed by atoms with van der Waals surface area (Å²) >= 11 is 0. The van der Waals surface area contributed by atoms with Gasteiger partial charge in [0.05, 0.1) is 6.54 Å². The Morgan fingerprint density at radius 1 is 1.23 bits per heavy atom. The van der Waals surface area contributed by atoms with Crippen molar-refractivity contribution in [3.8, 4) is 0 Å². The SMILES string of the molecule is CCNC(=NCC1CCN(CC(F)(F)F)C1)NCCc1ccccc1.I. The number of hydrogen-bond acceptors (Lipinski definition) is 2. The van der Waals surface area contributed by atoms with Crippen LogP contribution in [0.15, 0.2) is 35.3 Å². The highest BCUT2D eigenvalue weighted by Crippen LogP contribution is 2.22. The number of guanidine groups is 1. The van der Waals surface area contributed by atoms with Crippen molar-refractivity contribution in [2.45, 2.75) is 25.9 Å². The average molecular weight is 484 g/mol. The lowest BCUT2D eigenvalue weighted by atomic mass is 10.1. The molecule has 0 aliphatic carbocycles. The van der Waals surface area contributed by atoms with Crippen molar-refractivity contribution >= 4 is 29.9 Å². The Bertz CT molecular complexity index is 537. The van der Waals surface area contributed by atoms with Gasteiger partial charge in [-0.1, -0.05) is 30.3 Å². The molecule has 1 aromatic carbocycles. The first-order valence-electron chi connectivity index (χ1n) is 8.81. The Hall–Kier alpha value is -1.03. The van der Waals surface area contributed by atoms with Gasteiger partial charge in [0.2, 0.25) is 0 Å². The predicted octanol–water partition coefficient (Wildman–Crippen LogP) is 3.29. The van der Waals surface area contributed by atoms with E-state index in [0.717, 1.165) is 31.9 Å². The molecule has 0 saturated carbocycles. The molecule has 26 heavy (non-hydrogen) atoms. The van der Waals surface area contributed by atoms with Crippen LogP contribution in [0, 0.1) is 5.92 Å². The molecule has 2 rings (SSSR count). The number of hydrogen-bond donors (Lipinski definition) is 2. The van der Waals surface area contributed by atoms with Crippen LogP contribution in [-0.2, 0) is 6.42 Å². The summed E-state index contributed by atoms with van der Waals surface area (Å²) < 4.78 is 37.3. The van der Waals surface area contributed by atoms with Crippen molar-refractivity contribution in [1.82, 2.24) is 15.5 Å². The fraction of sp³-hybridized carbons (Fsp3) is 0.611. The Morgan fingerprint density at radius 2 is 1.96 bits per heavy atom. The highest BCUT2D eigenvalue weighted by molar-refractivity contribution is 14.0. The lowest BCUT2D eigenvalue weighted by Crippen LogP contribution is -2.38. The monoisotopic (exact) mass is 484 g/mol. The average Bonchev–Trinajstić information content (AvgIpc) is 2.99. The Kier molecular flexibility index (Phi) is 10.3. The van der Waals surface area contributed by atoms with Crippen LogP contribution in [0.1, 0.15) is 18.9 Å². The number of likely N-dealkylation sites (tertiary alicyclic amines) is 1. The second-order valence-corrected chi connectivity index (χ2v) is 6.39. The summed E-state index contributed by atoms with van der Waals surface area (Å²) in [4.78, 5) is 6.01. The van der Waals surface area contributed by atoms with Crippen molar-refractivity contribution in [2.75, 3.05) is 39.3 Å². The van der Waals surface area contributed by atoms with Gasteiger partial charge in [0.25, 0.3) is 0 Å². The molecule has 1 aliphatic rings. The van der Waals surface area contributed by atoms with E-state index in [1.807, 2.05) is 25.1 Å². The van der Waals surface area contributed by atoms with Crippen molar-refractivity contribution in [3.63, 3.8) is 0 Å². The van der Waals surface area contributed by atoms with Gasteiger partial charge in [-0.15, -0.1) is 24.0 Å². The number of nitrogens with zero attached hydrogens (tertiary/aromatic N) is 2. The van der Waals surface area contributed by atoms with E-state index in [4.69, 9.17) is 0 Å². The van der Waals surface area contributed by atoms with Crippen molar-refractivity contribution in [1.29, 1.82) is 0 Å². The first-order valence-corrected chi connectivity index (χ1v) is 8.81. The molecule has 1 heterocycles. The van der Waals surface area contributed by atoms with E-state index in [1.54, 1.807) is 0 Å². The number of nitrogens with one attached hydrogen (secondary N) is 2. The Morgan fingerprint density at radius 3 is 2.62 bits per heavy atom. The minimum atomic E-state index is -4.12. The van der Waals surface area contributed by atoms with Gasteiger partial charge in [0.1, 0.15) is 0 Å². The van der Waals surface area contributed by atoms with Crippen LogP contribution < -0.4 is 10.6 Å². The molecule has 0 radical (unpaired) electrons. The normalized spacial score (nSPS) is 18.5. The molecular formula is C18H28F3IN4. The third-order valence-corrected chi connectivity index (χ3v) is 4.17. The quantitative estimate of drug-likeness (QED) is 0.355. The van der Waals surface area contributed by atoms with Gasteiger partial charge in [0, 0.05) is 26.2 Å². The number of alkyl halides is 3. The third-order valence-electron chi connectivity index (χ3n) is 4.17. The lowest BCUT2D eigenvalue weighted by molar-refractivity contribution is -0.143.